The third-order valence-corrected chi connectivity index (χ3v) is 2.50. The molecule has 1 aromatic carbocycles. The van der Waals surface area contributed by atoms with Gasteiger partial charge in [0.15, 0.2) is 0 Å². The number of hydrogen-bond acceptors (Lipinski definition) is 3. The average molecular weight is 229 g/mol. The van der Waals surface area contributed by atoms with E-state index < -0.39 is 0 Å². The van der Waals surface area contributed by atoms with Crippen molar-refractivity contribution in [3.8, 4) is 5.75 Å². The Hall–Kier alpha value is -0.770. The minimum Gasteiger partial charge on any atom is -0.506 e. The molecule has 84 valence electrons. The SMILES string of the molecule is NCCCCNCc1cccc(Cl)c1O. The predicted molar refractivity (Wildman–Crippen MR) is 63.1 cm³/mol. The van der Waals surface area contributed by atoms with Gasteiger partial charge < -0.3 is 16.2 Å². The van der Waals surface area contributed by atoms with E-state index in [2.05, 4.69) is 5.32 Å². The summed E-state index contributed by atoms with van der Waals surface area (Å²) in [6.45, 7) is 2.27. The van der Waals surface area contributed by atoms with Crippen molar-refractivity contribution >= 4 is 11.6 Å². The molecule has 0 aliphatic heterocycles. The number of unbranched alkanes of at least 4 members (excludes halogenated alkanes) is 1. The molecule has 0 radical (unpaired) electrons. The van der Waals surface area contributed by atoms with Gasteiger partial charge in [-0.15, -0.1) is 0 Å². The molecule has 0 saturated heterocycles. The summed E-state index contributed by atoms with van der Waals surface area (Å²) in [6.07, 6.45) is 2.08. The van der Waals surface area contributed by atoms with Crippen LogP contribution in [0.5, 0.6) is 5.75 Å². The second-order valence-electron chi connectivity index (χ2n) is 3.42. The molecule has 15 heavy (non-hydrogen) atoms. The van der Waals surface area contributed by atoms with Crippen molar-refractivity contribution in [3.05, 3.63) is 28.8 Å². The number of nitrogens with two attached hydrogens (primary N) is 1. The van der Waals surface area contributed by atoms with Crippen LogP contribution in [0.2, 0.25) is 5.02 Å². The highest BCUT2D eigenvalue weighted by Gasteiger charge is 2.03. The van der Waals surface area contributed by atoms with Gasteiger partial charge in [0.25, 0.3) is 0 Å². The summed E-state index contributed by atoms with van der Waals surface area (Å²) in [5.74, 6) is 0.172. The van der Waals surface area contributed by atoms with Gasteiger partial charge in [-0.1, -0.05) is 23.7 Å². The van der Waals surface area contributed by atoms with Crippen molar-refractivity contribution in [2.75, 3.05) is 13.1 Å². The Balaban J connectivity index is 2.34. The molecule has 0 fully saturated rings. The molecular weight excluding hydrogens is 212 g/mol. The zero-order chi connectivity index (χ0) is 11.1. The van der Waals surface area contributed by atoms with Gasteiger partial charge in [-0.25, -0.2) is 0 Å². The zero-order valence-corrected chi connectivity index (χ0v) is 9.43. The van der Waals surface area contributed by atoms with Crippen LogP contribution in [0, 0.1) is 0 Å². The molecule has 1 rings (SSSR count). The fourth-order valence-electron chi connectivity index (χ4n) is 1.32. The van der Waals surface area contributed by atoms with Crippen LogP contribution < -0.4 is 11.1 Å². The van der Waals surface area contributed by atoms with E-state index in [9.17, 15) is 5.11 Å². The third kappa shape index (κ3) is 4.08. The molecule has 1 aromatic rings. The first kappa shape index (κ1) is 12.3. The number of benzene rings is 1. The largest absolute Gasteiger partial charge is 0.506 e. The summed E-state index contributed by atoms with van der Waals surface area (Å²) >= 11 is 5.78. The maximum Gasteiger partial charge on any atom is 0.138 e. The van der Waals surface area contributed by atoms with Crippen LogP contribution in [0.25, 0.3) is 0 Å². The maximum absolute atomic E-state index is 9.61. The van der Waals surface area contributed by atoms with E-state index in [-0.39, 0.29) is 5.75 Å². The zero-order valence-electron chi connectivity index (χ0n) is 8.67. The van der Waals surface area contributed by atoms with Crippen LogP contribution >= 0.6 is 11.6 Å². The van der Waals surface area contributed by atoms with E-state index in [1.54, 1.807) is 6.07 Å². The smallest absolute Gasteiger partial charge is 0.138 e. The number of halogens is 1. The second-order valence-corrected chi connectivity index (χ2v) is 3.83. The minimum absolute atomic E-state index is 0.172. The molecular formula is C11H17ClN2O. The maximum atomic E-state index is 9.61. The fraction of sp³-hybridized carbons (Fsp3) is 0.455. The molecule has 4 N–H and O–H groups in total. The molecule has 0 saturated carbocycles. The number of phenols is 1. The van der Waals surface area contributed by atoms with Crippen LogP contribution in [-0.2, 0) is 6.54 Å². The van der Waals surface area contributed by atoms with Crippen molar-refractivity contribution in [2.45, 2.75) is 19.4 Å². The number of aromatic hydroxyl groups is 1. The molecule has 0 aromatic heterocycles. The number of phenolic OH excluding ortho intramolecular Hbond substituents is 1. The fourth-order valence-corrected chi connectivity index (χ4v) is 1.51. The Bertz CT molecular complexity index is 305. The Morgan fingerprint density at radius 2 is 2.13 bits per heavy atom. The number of hydrogen-bond donors (Lipinski definition) is 3. The lowest BCUT2D eigenvalue weighted by molar-refractivity contribution is 0.464. The van der Waals surface area contributed by atoms with Crippen molar-refractivity contribution in [1.29, 1.82) is 0 Å². The average Bonchev–Trinajstić information content (AvgIpc) is 2.24. The van der Waals surface area contributed by atoms with Gasteiger partial charge in [0.1, 0.15) is 5.75 Å². The molecule has 0 aliphatic carbocycles. The van der Waals surface area contributed by atoms with E-state index >= 15 is 0 Å². The van der Waals surface area contributed by atoms with E-state index in [0.717, 1.165) is 31.5 Å². The summed E-state index contributed by atoms with van der Waals surface area (Å²) in [6, 6.07) is 5.37. The number of rotatable bonds is 6. The van der Waals surface area contributed by atoms with Crippen molar-refractivity contribution in [1.82, 2.24) is 5.32 Å². The van der Waals surface area contributed by atoms with Crippen molar-refractivity contribution < 1.29 is 5.11 Å². The Labute approximate surface area is 95.2 Å². The Morgan fingerprint density at radius 1 is 1.33 bits per heavy atom. The van der Waals surface area contributed by atoms with E-state index in [0.29, 0.717) is 11.6 Å². The highest BCUT2D eigenvalue weighted by atomic mass is 35.5. The number of para-hydroxylation sites is 1. The Kier molecular flexibility index (Phi) is 5.47. The van der Waals surface area contributed by atoms with Gasteiger partial charge in [-0.2, -0.15) is 0 Å². The van der Waals surface area contributed by atoms with Crippen LogP contribution in [-0.4, -0.2) is 18.2 Å². The topological polar surface area (TPSA) is 58.3 Å². The van der Waals surface area contributed by atoms with Gasteiger partial charge in [0, 0.05) is 12.1 Å². The summed E-state index contributed by atoms with van der Waals surface area (Å²) < 4.78 is 0. The number of nitrogens with one attached hydrogen (secondary N) is 1. The summed E-state index contributed by atoms with van der Waals surface area (Å²) in [4.78, 5) is 0. The second kappa shape index (κ2) is 6.67. The van der Waals surface area contributed by atoms with Gasteiger partial charge in [-0.3, -0.25) is 0 Å². The van der Waals surface area contributed by atoms with Crippen LogP contribution in [0.15, 0.2) is 18.2 Å². The first-order valence-corrected chi connectivity index (χ1v) is 5.50. The standard InChI is InChI=1S/C11H17ClN2O/c12-10-5-3-4-9(11(10)15)8-14-7-2-1-6-13/h3-5,14-15H,1-2,6-8,13H2. The molecule has 3 nitrogen and oxygen atoms in total. The van der Waals surface area contributed by atoms with Gasteiger partial charge in [0.05, 0.1) is 5.02 Å². The molecule has 0 bridgehead atoms. The molecule has 0 spiro atoms. The van der Waals surface area contributed by atoms with Crippen LogP contribution in [0.1, 0.15) is 18.4 Å². The lowest BCUT2D eigenvalue weighted by Crippen LogP contribution is -2.15. The van der Waals surface area contributed by atoms with Gasteiger partial charge >= 0.3 is 0 Å². The van der Waals surface area contributed by atoms with Crippen molar-refractivity contribution in [3.63, 3.8) is 0 Å². The normalized spacial score (nSPS) is 10.5. The molecule has 0 unspecified atom stereocenters. The molecule has 0 atom stereocenters. The third-order valence-electron chi connectivity index (χ3n) is 2.19. The minimum atomic E-state index is 0.172. The Morgan fingerprint density at radius 3 is 2.87 bits per heavy atom. The van der Waals surface area contributed by atoms with Crippen LogP contribution in [0.3, 0.4) is 0 Å². The summed E-state index contributed by atoms with van der Waals surface area (Å²) in [5.41, 5.74) is 6.21. The predicted octanol–water partition coefficient (Wildman–Crippen LogP) is 1.87. The highest BCUT2D eigenvalue weighted by molar-refractivity contribution is 6.32. The monoisotopic (exact) mass is 228 g/mol. The van der Waals surface area contributed by atoms with E-state index in [4.69, 9.17) is 17.3 Å². The molecule has 4 heteroatoms. The quantitative estimate of drug-likeness (QED) is 0.652. The van der Waals surface area contributed by atoms with Crippen molar-refractivity contribution in [2.24, 2.45) is 5.73 Å². The molecule has 0 heterocycles. The molecule has 0 aliphatic rings. The van der Waals surface area contributed by atoms with Gasteiger partial charge in [-0.05, 0) is 32.0 Å². The van der Waals surface area contributed by atoms with E-state index in [1.165, 1.54) is 0 Å². The molecule has 0 amide bonds. The first-order valence-electron chi connectivity index (χ1n) is 5.13. The highest BCUT2D eigenvalue weighted by Crippen LogP contribution is 2.26. The summed E-state index contributed by atoms with van der Waals surface area (Å²) in [5, 5.41) is 13.2. The van der Waals surface area contributed by atoms with Crippen LogP contribution in [0.4, 0.5) is 0 Å². The first-order chi connectivity index (χ1) is 7.25. The lowest BCUT2D eigenvalue weighted by atomic mass is 10.2. The lowest BCUT2D eigenvalue weighted by Gasteiger charge is -2.07. The van der Waals surface area contributed by atoms with E-state index in [1.807, 2.05) is 12.1 Å². The van der Waals surface area contributed by atoms with Gasteiger partial charge in [0.2, 0.25) is 0 Å². The summed E-state index contributed by atoms with van der Waals surface area (Å²) in [7, 11) is 0.